The Morgan fingerprint density at radius 2 is 1.97 bits per heavy atom. The first-order valence-electron chi connectivity index (χ1n) is 11.1. The number of fused-ring (bicyclic) bond motifs is 4. The van der Waals surface area contributed by atoms with Crippen LogP contribution in [0.25, 0.3) is 21.9 Å². The number of ether oxygens (including phenoxy) is 1. The highest BCUT2D eigenvalue weighted by molar-refractivity contribution is 6.09. The molecular formula is C25H19F3N4O4. The molecule has 0 fully saturated rings. The second kappa shape index (κ2) is 8.08. The number of carbonyl (C=O) groups is 1. The van der Waals surface area contributed by atoms with Gasteiger partial charge in [-0.15, -0.1) is 0 Å². The number of nitrogens with zero attached hydrogens (tertiary/aromatic N) is 2. The molecule has 36 heavy (non-hydrogen) atoms. The second-order valence-corrected chi connectivity index (χ2v) is 8.47. The van der Waals surface area contributed by atoms with Crippen molar-refractivity contribution in [1.82, 2.24) is 9.78 Å². The van der Waals surface area contributed by atoms with Crippen molar-refractivity contribution in [3.05, 3.63) is 72.3 Å². The normalized spacial score (nSPS) is 17.7. The minimum absolute atomic E-state index is 0.0647. The molecule has 1 amide bonds. The molecule has 2 aromatic carbocycles. The van der Waals surface area contributed by atoms with Crippen molar-refractivity contribution in [2.24, 2.45) is 0 Å². The Balaban J connectivity index is 1.34. The average Bonchev–Trinajstić information content (AvgIpc) is 3.60. The van der Waals surface area contributed by atoms with Crippen molar-refractivity contribution < 1.29 is 31.5 Å². The molecule has 4 heterocycles. The van der Waals surface area contributed by atoms with Crippen LogP contribution >= 0.6 is 0 Å². The Morgan fingerprint density at radius 3 is 2.72 bits per heavy atom. The number of hydrogen-bond acceptors (Lipinski definition) is 6. The molecule has 2 N–H and O–H groups in total. The lowest BCUT2D eigenvalue weighted by Gasteiger charge is -2.32. The number of methoxy groups -OCH3 is 1. The molecule has 0 saturated heterocycles. The van der Waals surface area contributed by atoms with E-state index in [9.17, 15) is 18.0 Å². The summed E-state index contributed by atoms with van der Waals surface area (Å²) in [6.07, 6.45) is -3.50. The topological polar surface area (TPSA) is 94.5 Å². The van der Waals surface area contributed by atoms with Gasteiger partial charge in [-0.25, -0.2) is 4.68 Å². The van der Waals surface area contributed by atoms with Gasteiger partial charge in [-0.1, -0.05) is 18.2 Å². The van der Waals surface area contributed by atoms with Crippen molar-refractivity contribution in [1.29, 1.82) is 0 Å². The lowest BCUT2D eigenvalue weighted by atomic mass is 10.0. The van der Waals surface area contributed by atoms with Crippen molar-refractivity contribution in [3.8, 4) is 5.75 Å². The van der Waals surface area contributed by atoms with Gasteiger partial charge in [-0.3, -0.25) is 4.79 Å². The molecule has 1 aliphatic heterocycles. The van der Waals surface area contributed by atoms with Crippen LogP contribution < -0.4 is 15.4 Å². The van der Waals surface area contributed by atoms with Gasteiger partial charge in [0.2, 0.25) is 0 Å². The molecule has 0 saturated carbocycles. The summed E-state index contributed by atoms with van der Waals surface area (Å²) in [6.45, 7) is 0. The fourth-order valence-electron chi connectivity index (χ4n) is 4.56. The van der Waals surface area contributed by atoms with Gasteiger partial charge in [0, 0.05) is 29.3 Å². The summed E-state index contributed by atoms with van der Waals surface area (Å²) in [5, 5.41) is 11.4. The maximum Gasteiger partial charge on any atom is 0.410 e. The molecule has 2 atom stereocenters. The summed E-state index contributed by atoms with van der Waals surface area (Å²) >= 11 is 0. The van der Waals surface area contributed by atoms with Gasteiger partial charge in [-0.2, -0.15) is 18.3 Å². The first kappa shape index (κ1) is 22.1. The van der Waals surface area contributed by atoms with Crippen molar-refractivity contribution in [3.63, 3.8) is 0 Å². The third kappa shape index (κ3) is 3.63. The van der Waals surface area contributed by atoms with E-state index in [1.165, 1.54) is 19.4 Å². The minimum Gasteiger partial charge on any atom is -0.495 e. The SMILES string of the molecule is COc1cc2c(cc1NC(=O)c1cc3n(n1)[C@H](C(F)(F)F)C[C@@H](c1ccco1)N3)oc1ccccc12. The molecule has 5 aromatic rings. The van der Waals surface area contributed by atoms with Crippen LogP contribution in [0.15, 0.2) is 69.7 Å². The van der Waals surface area contributed by atoms with Gasteiger partial charge < -0.3 is 24.2 Å². The smallest absolute Gasteiger partial charge is 0.410 e. The second-order valence-electron chi connectivity index (χ2n) is 8.47. The number of rotatable bonds is 4. The molecule has 0 radical (unpaired) electrons. The van der Waals surface area contributed by atoms with Crippen LogP contribution in [0.2, 0.25) is 0 Å². The summed E-state index contributed by atoms with van der Waals surface area (Å²) in [7, 11) is 1.46. The monoisotopic (exact) mass is 496 g/mol. The molecule has 0 spiro atoms. The quantitative estimate of drug-likeness (QED) is 0.303. The number of benzene rings is 2. The summed E-state index contributed by atoms with van der Waals surface area (Å²) in [5.41, 5.74) is 1.32. The highest BCUT2D eigenvalue weighted by Gasteiger charge is 2.47. The van der Waals surface area contributed by atoms with E-state index in [-0.39, 0.29) is 17.9 Å². The van der Waals surface area contributed by atoms with Crippen LogP contribution in [-0.4, -0.2) is 29.0 Å². The zero-order valence-electron chi connectivity index (χ0n) is 18.8. The Hall–Kier alpha value is -4.41. The van der Waals surface area contributed by atoms with E-state index in [2.05, 4.69) is 15.7 Å². The molecule has 6 rings (SSSR count). The first-order chi connectivity index (χ1) is 17.3. The molecule has 11 heteroatoms. The molecular weight excluding hydrogens is 477 g/mol. The maximum atomic E-state index is 13.9. The predicted molar refractivity (Wildman–Crippen MR) is 125 cm³/mol. The number of anilines is 2. The van der Waals surface area contributed by atoms with Crippen LogP contribution in [0.3, 0.4) is 0 Å². The highest BCUT2D eigenvalue weighted by Crippen LogP contribution is 2.44. The van der Waals surface area contributed by atoms with Crippen molar-refractivity contribution >= 4 is 39.4 Å². The van der Waals surface area contributed by atoms with Crippen LogP contribution in [0, 0.1) is 0 Å². The lowest BCUT2D eigenvalue weighted by molar-refractivity contribution is -0.174. The minimum atomic E-state index is -4.57. The number of hydrogen-bond donors (Lipinski definition) is 2. The predicted octanol–water partition coefficient (Wildman–Crippen LogP) is 6.30. The first-order valence-corrected chi connectivity index (χ1v) is 11.1. The van der Waals surface area contributed by atoms with Gasteiger partial charge in [-0.05, 0) is 24.3 Å². The number of carbonyl (C=O) groups excluding carboxylic acids is 1. The molecule has 1 aliphatic rings. The summed E-state index contributed by atoms with van der Waals surface area (Å²) in [6, 6.07) is 12.7. The fourth-order valence-corrected chi connectivity index (χ4v) is 4.56. The van der Waals surface area contributed by atoms with Crippen LogP contribution in [0.1, 0.15) is 34.8 Å². The van der Waals surface area contributed by atoms with Crippen molar-refractivity contribution in [2.45, 2.75) is 24.7 Å². The van der Waals surface area contributed by atoms with Crippen LogP contribution in [0.5, 0.6) is 5.75 Å². The molecule has 0 aliphatic carbocycles. The molecule has 3 aromatic heterocycles. The van der Waals surface area contributed by atoms with Gasteiger partial charge in [0.15, 0.2) is 11.7 Å². The number of alkyl halides is 3. The number of amides is 1. The van der Waals surface area contributed by atoms with E-state index in [1.54, 1.807) is 24.3 Å². The summed E-state index contributed by atoms with van der Waals surface area (Å²) in [5.74, 6) is 0.111. The zero-order chi connectivity index (χ0) is 25.0. The van der Waals surface area contributed by atoms with E-state index in [4.69, 9.17) is 13.6 Å². The standard InChI is InChI=1S/C25H19F3N4O4/c1-34-21-9-14-13-5-2-3-6-18(13)36-20(14)10-15(21)30-24(33)17-12-23-29-16(19-7-4-8-35-19)11-22(25(26,27)28)32(23)31-17/h2-10,12,16,22,29H,11H2,1H3,(H,30,33)/t16-,22-/m0/s1. The number of nitrogens with one attached hydrogen (secondary N) is 2. The average molecular weight is 496 g/mol. The largest absolute Gasteiger partial charge is 0.495 e. The van der Waals surface area contributed by atoms with E-state index in [1.807, 2.05) is 24.3 Å². The summed E-state index contributed by atoms with van der Waals surface area (Å²) < 4.78 is 59.1. The van der Waals surface area contributed by atoms with Crippen LogP contribution in [-0.2, 0) is 0 Å². The molecule has 0 unspecified atom stereocenters. The highest BCUT2D eigenvalue weighted by atomic mass is 19.4. The Kier molecular flexibility index (Phi) is 4.95. The Bertz CT molecular complexity index is 1590. The third-order valence-electron chi connectivity index (χ3n) is 6.26. The van der Waals surface area contributed by atoms with Gasteiger partial charge in [0.05, 0.1) is 25.1 Å². The Morgan fingerprint density at radius 1 is 1.14 bits per heavy atom. The number of aromatic nitrogens is 2. The number of para-hydroxylation sites is 1. The van der Waals surface area contributed by atoms with E-state index < -0.39 is 24.2 Å². The molecule has 8 nitrogen and oxygen atoms in total. The maximum absolute atomic E-state index is 13.9. The number of furan rings is 2. The number of halogens is 3. The Labute approximate surface area is 201 Å². The van der Waals surface area contributed by atoms with E-state index in [0.717, 1.165) is 15.5 Å². The van der Waals surface area contributed by atoms with Crippen molar-refractivity contribution in [2.75, 3.05) is 17.7 Å². The van der Waals surface area contributed by atoms with Gasteiger partial charge >= 0.3 is 6.18 Å². The van der Waals surface area contributed by atoms with Crippen LogP contribution in [0.4, 0.5) is 24.7 Å². The van der Waals surface area contributed by atoms with E-state index >= 15 is 0 Å². The molecule has 184 valence electrons. The summed E-state index contributed by atoms with van der Waals surface area (Å²) in [4.78, 5) is 13.1. The van der Waals surface area contributed by atoms with Gasteiger partial charge in [0.1, 0.15) is 28.5 Å². The fraction of sp³-hybridized carbons (Fsp3) is 0.200. The van der Waals surface area contributed by atoms with E-state index in [0.29, 0.717) is 28.4 Å². The van der Waals surface area contributed by atoms with Gasteiger partial charge in [0.25, 0.3) is 5.91 Å². The third-order valence-corrected chi connectivity index (χ3v) is 6.26. The zero-order valence-corrected chi connectivity index (χ0v) is 18.8. The molecule has 0 bridgehead atoms. The lowest BCUT2D eigenvalue weighted by Crippen LogP contribution is -2.35.